The van der Waals surface area contributed by atoms with E-state index >= 15 is 0 Å². The molecule has 0 atom stereocenters. The first kappa shape index (κ1) is 85.1. The Hall–Kier alpha value is -12.0. The standard InChI is InChI=1S/C20H14NS.C17H16NS.C16H14NS.C15H12NS.C14H8F2NS.C14H9FNS.C14H10NS.CH4.Ir/c1-2-4-14(5-3-1)15-6-7-17-16(12-15)13-21-10-8-19-18(20(17)21)9-11-22-19;1-17(2,3)13-6-4-12(5-7-13)16-14-9-11-19-15(14)8-10-18-16;1-10-7-11(2)15-12(8-10)9-17-5-3-14-13(16(15)17)4-6-18-14;1-10-2-3-12-11(8-10)9-16-6-4-14-13(15(12)16)5-7-17-14;15-9-5-8-7-17-3-1-12-10(2-4-18-12)14(17)13(8)11(16)6-9;15-10-1-2-11-9(7-10)8-16-5-3-13-12(14(11)16)4-6-17-13;1-2-4-11-10(3-1)9-15-7-5-13-12(14(11)15)6-8-16-13;;/h1-12H,13H2;4,6-11H,1-3H3;3-8H,9H2,1-2H3;2-8H,9H2,1H3;1-6H,7H2;1-7H,8H2;1-8H,9H2;1H4;/q+1;-1;5*+1;;. The molecule has 0 bridgehead atoms. The summed E-state index contributed by atoms with van der Waals surface area (Å²) in [5.41, 5.74) is 32.8. The monoisotopic (exact) mass is 1990 g/mol. The van der Waals surface area contributed by atoms with E-state index in [1.807, 2.05) is 85.9 Å². The van der Waals surface area contributed by atoms with Crippen molar-refractivity contribution in [3.05, 3.63) is 397 Å². The number of rotatable bonds is 2. The number of aryl methyl sites for hydroxylation is 3. The number of fused-ring (bicyclic) bond motifs is 31. The third-order valence-corrected chi connectivity index (χ3v) is 31.1. The first-order valence-corrected chi connectivity index (χ1v) is 48.7. The molecule has 0 saturated carbocycles. The number of nitrogens with zero attached hydrogens (tertiary/aromatic N) is 7. The fourth-order valence-electron chi connectivity index (χ4n) is 19.2. The van der Waals surface area contributed by atoms with Crippen molar-refractivity contribution < 1.29 is 60.7 Å². The number of hydrogen-bond donors (Lipinski definition) is 0. The average molecular weight is 1990 g/mol. The van der Waals surface area contributed by atoms with Gasteiger partial charge in [-0.3, -0.25) is 0 Å². The Morgan fingerprint density at radius 2 is 0.721 bits per heavy atom. The largest absolute Gasteiger partial charge is 0.304 e. The SMILES string of the molecule is C.CC(C)(C)c1c[c-]c(-c2nccc3sccc23)cc1.Cc1cc(C)c2c(c1)C[n+]1ccc3sccc3c1-2.Cc1ccc2c(c1)C[n+]1ccc3sccc3c1-2.Fc1cc(F)c2c(c1)C[n+]1ccc3sccc3c1-2.Fc1ccc2c(c1)C[n+]1ccc3sccc3c1-2.[Ir].c1ccc(-c2ccc3c(c2)C[n+]2ccc4sccc4c2-3)cc1.c1ccc2c(c1)C[n+]1ccc3sccc3c1-2. The summed E-state index contributed by atoms with van der Waals surface area (Å²) in [5, 5.41) is 24.0. The van der Waals surface area contributed by atoms with Crippen LogP contribution in [0, 0.1) is 44.3 Å². The molecule has 1 radical (unpaired) electrons. The van der Waals surface area contributed by atoms with Gasteiger partial charge in [0, 0.05) is 135 Å². The molecule has 20 heterocycles. The van der Waals surface area contributed by atoms with Crippen LogP contribution in [0.1, 0.15) is 83.8 Å². The van der Waals surface area contributed by atoms with Crippen molar-refractivity contribution in [1.82, 2.24) is 4.98 Å². The summed E-state index contributed by atoms with van der Waals surface area (Å²) in [6.07, 6.45) is 14.8. The van der Waals surface area contributed by atoms with Gasteiger partial charge in [-0.2, -0.15) is 27.4 Å². The topological polar surface area (TPSA) is 36.2 Å². The van der Waals surface area contributed by atoms with Crippen molar-refractivity contribution in [3.8, 4) is 89.9 Å². The molecule has 0 N–H and O–H groups in total. The zero-order valence-corrected chi connectivity index (χ0v) is 78.9. The van der Waals surface area contributed by atoms with Crippen LogP contribution >= 0.6 is 79.4 Å². The number of hydrogen-bond acceptors (Lipinski definition) is 8. The van der Waals surface area contributed by atoms with Gasteiger partial charge >= 0.3 is 0 Å². The van der Waals surface area contributed by atoms with Crippen molar-refractivity contribution in [2.45, 2.75) is 93.7 Å². The number of thiophene rings is 7. The van der Waals surface area contributed by atoms with Crippen molar-refractivity contribution in [3.63, 3.8) is 0 Å². The molecule has 129 heavy (non-hydrogen) atoms. The summed E-state index contributed by atoms with van der Waals surface area (Å²) in [6, 6.07) is 85.1. The van der Waals surface area contributed by atoms with Gasteiger partial charge in [0.2, 0.25) is 34.2 Å². The van der Waals surface area contributed by atoms with E-state index in [0.717, 1.165) is 77.0 Å². The zero-order valence-electron chi connectivity index (χ0n) is 70.8. The third kappa shape index (κ3) is 15.9. The molecule has 6 aliphatic heterocycles. The molecule has 0 unspecified atom stereocenters. The van der Waals surface area contributed by atoms with E-state index < -0.39 is 11.6 Å². The molecule has 0 aliphatic carbocycles. The number of pyridine rings is 7. The summed E-state index contributed by atoms with van der Waals surface area (Å²) in [5.74, 6) is -1.14. The minimum absolute atomic E-state index is 0. The third-order valence-electron chi connectivity index (χ3n) is 25.0. The molecular weight excluding hydrogens is 1900 g/mol. The summed E-state index contributed by atoms with van der Waals surface area (Å²) >= 11 is 12.4. The Balaban J connectivity index is 0.0000000943. The number of aromatic nitrogens is 7. The van der Waals surface area contributed by atoms with E-state index in [0.29, 0.717) is 17.7 Å². The maximum Gasteiger partial charge on any atom is 0.225 e. The van der Waals surface area contributed by atoms with Gasteiger partial charge < -0.3 is 4.98 Å². The predicted molar refractivity (Wildman–Crippen MR) is 528 cm³/mol. The van der Waals surface area contributed by atoms with Crippen molar-refractivity contribution >= 4 is 150 Å². The smallest absolute Gasteiger partial charge is 0.225 e. The van der Waals surface area contributed by atoms with Crippen LogP contribution in [-0.2, 0) is 64.8 Å². The van der Waals surface area contributed by atoms with Crippen LogP contribution in [-0.4, -0.2) is 4.98 Å². The molecule has 0 fully saturated rings. The predicted octanol–water partition coefficient (Wildman–Crippen LogP) is 28.0. The maximum absolute atomic E-state index is 14.0. The minimum Gasteiger partial charge on any atom is -0.304 e. The van der Waals surface area contributed by atoms with Gasteiger partial charge in [-0.1, -0.05) is 112 Å². The van der Waals surface area contributed by atoms with Crippen LogP contribution in [0.3, 0.4) is 0 Å². The molecule has 0 amide bonds. The second-order valence-corrected chi connectivity index (χ2v) is 40.7. The molecule has 7 nitrogen and oxygen atoms in total. The van der Waals surface area contributed by atoms with Crippen LogP contribution in [0.2, 0.25) is 0 Å². The van der Waals surface area contributed by atoms with Crippen LogP contribution in [0.15, 0.2) is 318 Å². The zero-order chi connectivity index (χ0) is 85.9. The van der Waals surface area contributed by atoms with Gasteiger partial charge in [0.15, 0.2) is 76.4 Å². The Bertz CT molecular complexity index is 7860. The van der Waals surface area contributed by atoms with Crippen molar-refractivity contribution in [2.75, 3.05) is 0 Å². The maximum atomic E-state index is 14.0. The summed E-state index contributed by atoms with van der Waals surface area (Å²) in [4.78, 5) is 4.52. The van der Waals surface area contributed by atoms with Crippen LogP contribution in [0.4, 0.5) is 13.2 Å². The number of halogens is 3. The van der Waals surface area contributed by atoms with Crippen molar-refractivity contribution in [2.24, 2.45) is 0 Å². The fraction of sp³-hybridized carbons (Fsp3) is 0.126. The molecule has 633 valence electrons. The molecule has 6 aliphatic rings. The van der Waals surface area contributed by atoms with Gasteiger partial charge in [0.05, 0.1) is 65.7 Å². The molecule has 18 heteroatoms. The van der Waals surface area contributed by atoms with Gasteiger partial charge in [0.1, 0.15) is 17.5 Å². The normalized spacial score (nSPS) is 12.4. The molecular formula is C111H87F3IrN7S7+5. The Labute approximate surface area is 788 Å². The van der Waals surface area contributed by atoms with Crippen LogP contribution in [0.5, 0.6) is 0 Å². The number of benzene rings is 8. The van der Waals surface area contributed by atoms with E-state index in [9.17, 15) is 13.2 Å². The van der Waals surface area contributed by atoms with E-state index in [-0.39, 0.29) is 38.8 Å². The molecule has 22 aromatic rings. The van der Waals surface area contributed by atoms with Gasteiger partial charge in [0.25, 0.3) is 0 Å². The van der Waals surface area contributed by atoms with E-state index in [4.69, 9.17) is 0 Å². The van der Waals surface area contributed by atoms with Gasteiger partial charge in [-0.05, 0) is 195 Å². The second-order valence-electron chi connectivity index (χ2n) is 34.1. The Morgan fingerprint density at radius 1 is 0.326 bits per heavy atom. The quantitative estimate of drug-likeness (QED) is 0.126. The van der Waals surface area contributed by atoms with Gasteiger partial charge in [-0.15, -0.1) is 115 Å². The van der Waals surface area contributed by atoms with Crippen LogP contribution in [0.25, 0.3) is 161 Å². The fourth-order valence-corrected chi connectivity index (χ4v) is 24.7. The van der Waals surface area contributed by atoms with E-state index in [1.54, 1.807) is 46.1 Å². The Kier molecular flexibility index (Phi) is 23.2. The summed E-state index contributed by atoms with van der Waals surface area (Å²) in [6.45, 7) is 18.5. The van der Waals surface area contributed by atoms with E-state index in [2.05, 4.69) is 333 Å². The molecule has 8 aromatic carbocycles. The molecule has 0 spiro atoms. The van der Waals surface area contributed by atoms with E-state index in [1.165, 1.54) is 173 Å². The molecule has 14 aromatic heterocycles. The minimum atomic E-state index is -0.513. The Morgan fingerprint density at radius 3 is 1.22 bits per heavy atom. The van der Waals surface area contributed by atoms with Gasteiger partial charge in [-0.25, -0.2) is 13.2 Å². The summed E-state index contributed by atoms with van der Waals surface area (Å²) < 4.78 is 63.3. The summed E-state index contributed by atoms with van der Waals surface area (Å²) in [7, 11) is 0. The first-order valence-electron chi connectivity index (χ1n) is 42.5. The molecule has 28 rings (SSSR count). The van der Waals surface area contributed by atoms with Crippen molar-refractivity contribution in [1.29, 1.82) is 0 Å². The second kappa shape index (κ2) is 35.1. The van der Waals surface area contributed by atoms with Crippen LogP contribution < -0.4 is 27.4 Å². The average Bonchev–Trinajstić information content (AvgIpc) is 1.61. The first-order chi connectivity index (χ1) is 62.0. The molecule has 0 saturated heterocycles.